The smallest absolute Gasteiger partial charge is 0.119 e. The zero-order valence-electron chi connectivity index (χ0n) is 10.9. The Labute approximate surface area is 103 Å². The van der Waals surface area contributed by atoms with Gasteiger partial charge in [0.25, 0.3) is 0 Å². The first kappa shape index (κ1) is 12.0. The van der Waals surface area contributed by atoms with E-state index >= 15 is 0 Å². The molecular formula is C15H21NO. The summed E-state index contributed by atoms with van der Waals surface area (Å²) < 4.78 is 5.29. The molecule has 0 amide bonds. The lowest BCUT2D eigenvalue weighted by Gasteiger charge is -2.10. The average molecular weight is 231 g/mol. The molecule has 1 aromatic heterocycles. The van der Waals surface area contributed by atoms with Gasteiger partial charge in [-0.2, -0.15) is 0 Å². The van der Waals surface area contributed by atoms with E-state index in [9.17, 15) is 0 Å². The Morgan fingerprint density at radius 1 is 1.35 bits per heavy atom. The van der Waals surface area contributed by atoms with E-state index < -0.39 is 0 Å². The van der Waals surface area contributed by atoms with Crippen LogP contribution in [0.3, 0.4) is 0 Å². The number of H-pyrrole nitrogens is 1. The van der Waals surface area contributed by atoms with Gasteiger partial charge in [-0.25, -0.2) is 0 Å². The first-order chi connectivity index (χ1) is 8.26. The number of fused-ring (bicyclic) bond motifs is 1. The van der Waals surface area contributed by atoms with Gasteiger partial charge >= 0.3 is 0 Å². The number of methoxy groups -OCH3 is 1. The van der Waals surface area contributed by atoms with Crippen LogP contribution in [0.15, 0.2) is 24.4 Å². The van der Waals surface area contributed by atoms with E-state index in [1.807, 2.05) is 6.07 Å². The van der Waals surface area contributed by atoms with Gasteiger partial charge < -0.3 is 9.72 Å². The van der Waals surface area contributed by atoms with Crippen molar-refractivity contribution < 1.29 is 4.74 Å². The summed E-state index contributed by atoms with van der Waals surface area (Å²) in [5.74, 6) is 1.54. The highest BCUT2D eigenvalue weighted by atomic mass is 16.5. The molecule has 0 spiro atoms. The van der Waals surface area contributed by atoms with Gasteiger partial charge in [-0.1, -0.05) is 26.7 Å². The minimum Gasteiger partial charge on any atom is -0.497 e. The zero-order chi connectivity index (χ0) is 12.3. The van der Waals surface area contributed by atoms with Crippen LogP contribution in [-0.4, -0.2) is 12.1 Å². The van der Waals surface area contributed by atoms with Gasteiger partial charge in [-0.05, 0) is 36.1 Å². The monoisotopic (exact) mass is 231 g/mol. The fraction of sp³-hybridized carbons (Fsp3) is 0.467. The fourth-order valence-corrected chi connectivity index (χ4v) is 2.32. The van der Waals surface area contributed by atoms with Crippen molar-refractivity contribution in [2.24, 2.45) is 0 Å². The Balaban J connectivity index is 2.33. The molecule has 2 nitrogen and oxygen atoms in total. The first-order valence-corrected chi connectivity index (χ1v) is 6.41. The van der Waals surface area contributed by atoms with Gasteiger partial charge in [-0.3, -0.25) is 0 Å². The Bertz CT molecular complexity index is 487. The van der Waals surface area contributed by atoms with E-state index in [1.165, 1.54) is 35.7 Å². The highest BCUT2D eigenvalue weighted by Crippen LogP contribution is 2.31. The van der Waals surface area contributed by atoms with Crippen LogP contribution in [-0.2, 0) is 0 Å². The van der Waals surface area contributed by atoms with Crippen molar-refractivity contribution in [1.82, 2.24) is 4.98 Å². The van der Waals surface area contributed by atoms with E-state index in [-0.39, 0.29) is 0 Å². The lowest BCUT2D eigenvalue weighted by Crippen LogP contribution is -1.92. The molecule has 1 atom stereocenters. The number of unbranched alkanes of at least 4 members (excludes halogenated alkanes) is 1. The largest absolute Gasteiger partial charge is 0.497 e. The standard InChI is InChI=1S/C15H21NO/c1-4-5-6-11(2)14-10-16-15-8-7-12(17-3)9-13(14)15/h7-11,16H,4-6H2,1-3H3. The lowest BCUT2D eigenvalue weighted by atomic mass is 9.95. The summed E-state index contributed by atoms with van der Waals surface area (Å²) >= 11 is 0. The first-order valence-electron chi connectivity index (χ1n) is 6.41. The summed E-state index contributed by atoms with van der Waals surface area (Å²) in [6.07, 6.45) is 5.94. The van der Waals surface area contributed by atoms with E-state index in [1.54, 1.807) is 7.11 Å². The number of hydrogen-bond acceptors (Lipinski definition) is 1. The van der Waals surface area contributed by atoms with Crippen LogP contribution in [0.4, 0.5) is 0 Å². The van der Waals surface area contributed by atoms with Crippen molar-refractivity contribution in [2.75, 3.05) is 7.11 Å². The van der Waals surface area contributed by atoms with E-state index in [0.717, 1.165) is 5.75 Å². The fourth-order valence-electron chi connectivity index (χ4n) is 2.32. The van der Waals surface area contributed by atoms with Crippen molar-refractivity contribution in [3.05, 3.63) is 30.0 Å². The number of benzene rings is 1. The van der Waals surface area contributed by atoms with Crippen LogP contribution in [0.25, 0.3) is 10.9 Å². The number of nitrogens with one attached hydrogen (secondary N) is 1. The third kappa shape index (κ3) is 2.46. The molecule has 2 heteroatoms. The summed E-state index contributed by atoms with van der Waals surface area (Å²) in [4.78, 5) is 3.34. The van der Waals surface area contributed by atoms with Crippen LogP contribution in [0.5, 0.6) is 5.75 Å². The van der Waals surface area contributed by atoms with Gasteiger partial charge in [0.1, 0.15) is 5.75 Å². The molecule has 0 bridgehead atoms. The van der Waals surface area contributed by atoms with Gasteiger partial charge in [-0.15, -0.1) is 0 Å². The topological polar surface area (TPSA) is 25.0 Å². The zero-order valence-corrected chi connectivity index (χ0v) is 10.9. The maximum absolute atomic E-state index is 5.29. The van der Waals surface area contributed by atoms with Crippen molar-refractivity contribution in [1.29, 1.82) is 0 Å². The SMILES string of the molecule is CCCCC(C)c1c[nH]c2ccc(OC)cc12. The molecule has 0 aliphatic carbocycles. The number of rotatable bonds is 5. The summed E-state index contributed by atoms with van der Waals surface area (Å²) in [6.45, 7) is 4.54. The number of aromatic nitrogens is 1. The minimum absolute atomic E-state index is 0.607. The lowest BCUT2D eigenvalue weighted by molar-refractivity contribution is 0.415. The molecule has 17 heavy (non-hydrogen) atoms. The van der Waals surface area contributed by atoms with Crippen LogP contribution in [0.2, 0.25) is 0 Å². The molecule has 2 aromatic rings. The second-order valence-electron chi connectivity index (χ2n) is 4.70. The summed E-state index contributed by atoms with van der Waals surface area (Å²) in [5, 5.41) is 1.30. The molecule has 92 valence electrons. The Kier molecular flexibility index (Phi) is 3.72. The second-order valence-corrected chi connectivity index (χ2v) is 4.70. The molecule has 1 heterocycles. The quantitative estimate of drug-likeness (QED) is 0.806. The molecule has 2 rings (SSSR count). The molecule has 0 fully saturated rings. The van der Waals surface area contributed by atoms with Gasteiger partial charge in [0.05, 0.1) is 7.11 Å². The Morgan fingerprint density at radius 3 is 2.88 bits per heavy atom. The van der Waals surface area contributed by atoms with Crippen LogP contribution >= 0.6 is 0 Å². The van der Waals surface area contributed by atoms with E-state index in [4.69, 9.17) is 4.74 Å². The van der Waals surface area contributed by atoms with Gasteiger partial charge in [0.2, 0.25) is 0 Å². The van der Waals surface area contributed by atoms with Crippen LogP contribution in [0, 0.1) is 0 Å². The molecule has 1 N–H and O–H groups in total. The predicted molar refractivity (Wildman–Crippen MR) is 72.8 cm³/mol. The molecular weight excluding hydrogens is 210 g/mol. The maximum atomic E-state index is 5.29. The maximum Gasteiger partial charge on any atom is 0.119 e. The average Bonchev–Trinajstić information content (AvgIpc) is 2.78. The van der Waals surface area contributed by atoms with Crippen molar-refractivity contribution in [3.8, 4) is 5.75 Å². The Hall–Kier alpha value is -1.44. The predicted octanol–water partition coefficient (Wildman–Crippen LogP) is 4.47. The van der Waals surface area contributed by atoms with Crippen LogP contribution in [0.1, 0.15) is 44.6 Å². The van der Waals surface area contributed by atoms with Crippen molar-refractivity contribution in [3.63, 3.8) is 0 Å². The van der Waals surface area contributed by atoms with E-state index in [2.05, 4.69) is 37.2 Å². The normalized spacial score (nSPS) is 12.9. The molecule has 1 aromatic carbocycles. The van der Waals surface area contributed by atoms with E-state index in [0.29, 0.717) is 5.92 Å². The van der Waals surface area contributed by atoms with Gasteiger partial charge in [0, 0.05) is 17.1 Å². The third-order valence-corrected chi connectivity index (χ3v) is 3.44. The number of aromatic amines is 1. The molecule has 0 saturated carbocycles. The molecule has 1 unspecified atom stereocenters. The highest BCUT2D eigenvalue weighted by molar-refractivity contribution is 5.85. The summed E-state index contributed by atoms with van der Waals surface area (Å²) in [6, 6.07) is 6.22. The second kappa shape index (κ2) is 5.26. The summed E-state index contributed by atoms with van der Waals surface area (Å²) in [7, 11) is 1.72. The number of hydrogen-bond donors (Lipinski definition) is 1. The number of ether oxygens (including phenoxy) is 1. The summed E-state index contributed by atoms with van der Waals surface area (Å²) in [5.41, 5.74) is 2.61. The molecule has 0 aliphatic rings. The van der Waals surface area contributed by atoms with Crippen LogP contribution < -0.4 is 4.74 Å². The van der Waals surface area contributed by atoms with Crippen molar-refractivity contribution in [2.45, 2.75) is 39.0 Å². The minimum atomic E-state index is 0.607. The Morgan fingerprint density at radius 2 is 2.18 bits per heavy atom. The molecule has 0 radical (unpaired) electrons. The van der Waals surface area contributed by atoms with Crippen molar-refractivity contribution >= 4 is 10.9 Å². The third-order valence-electron chi connectivity index (χ3n) is 3.44. The molecule has 0 saturated heterocycles. The van der Waals surface area contributed by atoms with Gasteiger partial charge in [0.15, 0.2) is 0 Å². The highest BCUT2D eigenvalue weighted by Gasteiger charge is 2.11. The molecule has 0 aliphatic heterocycles.